The third-order valence-corrected chi connectivity index (χ3v) is 3.80. The molecule has 2 rings (SSSR count). The van der Waals surface area contributed by atoms with Crippen LogP contribution in [0, 0.1) is 5.92 Å². The van der Waals surface area contributed by atoms with Crippen molar-refractivity contribution in [2.45, 2.75) is 25.6 Å². The molecule has 1 saturated heterocycles. The van der Waals surface area contributed by atoms with Gasteiger partial charge in [-0.15, -0.1) is 12.4 Å². The predicted octanol–water partition coefficient (Wildman–Crippen LogP) is 2.67. The number of hydrogen-bond acceptors (Lipinski definition) is 4. The van der Waals surface area contributed by atoms with Crippen LogP contribution in [0.15, 0.2) is 18.2 Å². The number of carbonyl (C=O) groups is 1. The molecule has 0 atom stereocenters. The van der Waals surface area contributed by atoms with Gasteiger partial charge in [-0.25, -0.2) is 0 Å². The number of nitrogens with one attached hydrogen (secondary N) is 2. The van der Waals surface area contributed by atoms with Crippen LogP contribution in [0.3, 0.4) is 0 Å². The molecule has 5 nitrogen and oxygen atoms in total. The van der Waals surface area contributed by atoms with Crippen LogP contribution in [0.1, 0.15) is 18.4 Å². The Morgan fingerprint density at radius 1 is 1.28 bits per heavy atom. The molecule has 2 N–H and O–H groups in total. The van der Waals surface area contributed by atoms with Gasteiger partial charge in [0.2, 0.25) is 5.91 Å². The van der Waals surface area contributed by atoms with Gasteiger partial charge in [0.25, 0.3) is 0 Å². The molecule has 1 aromatic carbocycles. The first-order valence-corrected chi connectivity index (χ1v) is 7.74. The van der Waals surface area contributed by atoms with E-state index in [1.54, 1.807) is 12.1 Å². The molecule has 1 aromatic rings. The van der Waals surface area contributed by atoms with Crippen LogP contribution in [-0.4, -0.2) is 38.9 Å². The highest BCUT2D eigenvalue weighted by Crippen LogP contribution is 2.29. The number of benzene rings is 1. The summed E-state index contributed by atoms with van der Waals surface area (Å²) in [6.45, 7) is 0.572. The second-order valence-electron chi connectivity index (χ2n) is 5.63. The van der Waals surface area contributed by atoms with Crippen molar-refractivity contribution in [2.24, 2.45) is 5.92 Å². The van der Waals surface area contributed by atoms with Gasteiger partial charge in [0.15, 0.2) is 18.1 Å². The highest BCUT2D eigenvalue weighted by molar-refractivity contribution is 5.85. The SMILES string of the molecule is COc1cc(CNC(=O)C2CCNCC2)ccc1OCC(F)(F)F.Cl. The molecule has 0 aliphatic carbocycles. The lowest BCUT2D eigenvalue weighted by Crippen LogP contribution is -2.37. The molecule has 1 fully saturated rings. The highest BCUT2D eigenvalue weighted by atomic mass is 35.5. The van der Waals surface area contributed by atoms with Crippen molar-refractivity contribution in [3.05, 3.63) is 23.8 Å². The summed E-state index contributed by atoms with van der Waals surface area (Å²) in [6, 6.07) is 4.59. The van der Waals surface area contributed by atoms with Gasteiger partial charge >= 0.3 is 6.18 Å². The van der Waals surface area contributed by atoms with E-state index in [1.807, 2.05) is 0 Å². The Hall–Kier alpha value is -1.67. The molecule has 1 heterocycles. The molecule has 142 valence electrons. The third kappa shape index (κ3) is 6.99. The first kappa shape index (κ1) is 21.4. The summed E-state index contributed by atoms with van der Waals surface area (Å²) in [5, 5.41) is 6.05. The number of carbonyl (C=O) groups excluding carboxylic acids is 1. The quantitative estimate of drug-likeness (QED) is 0.794. The summed E-state index contributed by atoms with van der Waals surface area (Å²) in [5.41, 5.74) is 0.730. The van der Waals surface area contributed by atoms with Crippen molar-refractivity contribution in [3.8, 4) is 11.5 Å². The molecule has 25 heavy (non-hydrogen) atoms. The van der Waals surface area contributed by atoms with Gasteiger partial charge in [-0.3, -0.25) is 4.79 Å². The van der Waals surface area contributed by atoms with Gasteiger partial charge in [0.05, 0.1) is 7.11 Å². The molecule has 0 saturated carbocycles. The van der Waals surface area contributed by atoms with Crippen molar-refractivity contribution in [1.82, 2.24) is 10.6 Å². The number of methoxy groups -OCH3 is 1. The Morgan fingerprint density at radius 2 is 1.96 bits per heavy atom. The van der Waals surface area contributed by atoms with Crippen molar-refractivity contribution in [2.75, 3.05) is 26.8 Å². The molecule has 1 aliphatic rings. The molecular weight excluding hydrogens is 361 g/mol. The average molecular weight is 383 g/mol. The van der Waals surface area contributed by atoms with Gasteiger partial charge in [-0.1, -0.05) is 6.07 Å². The maximum Gasteiger partial charge on any atom is 0.422 e. The van der Waals surface area contributed by atoms with E-state index in [-0.39, 0.29) is 35.7 Å². The fourth-order valence-electron chi connectivity index (χ4n) is 2.52. The van der Waals surface area contributed by atoms with Crippen molar-refractivity contribution in [3.63, 3.8) is 0 Å². The Labute approximate surface area is 150 Å². The second-order valence-corrected chi connectivity index (χ2v) is 5.63. The topological polar surface area (TPSA) is 59.6 Å². The summed E-state index contributed by atoms with van der Waals surface area (Å²) < 4.78 is 46.5. The Bertz CT molecular complexity index is 564. The fourth-order valence-corrected chi connectivity index (χ4v) is 2.52. The van der Waals surface area contributed by atoms with E-state index in [9.17, 15) is 18.0 Å². The largest absolute Gasteiger partial charge is 0.493 e. The average Bonchev–Trinajstić information content (AvgIpc) is 2.58. The molecule has 1 aliphatic heterocycles. The molecule has 0 aromatic heterocycles. The predicted molar refractivity (Wildman–Crippen MR) is 89.2 cm³/mol. The molecule has 9 heteroatoms. The number of alkyl halides is 3. The van der Waals surface area contributed by atoms with E-state index in [2.05, 4.69) is 10.6 Å². The zero-order valence-electron chi connectivity index (χ0n) is 13.8. The minimum absolute atomic E-state index is 0. The van der Waals surface area contributed by atoms with E-state index in [0.717, 1.165) is 31.5 Å². The van der Waals surface area contributed by atoms with Crippen LogP contribution in [0.2, 0.25) is 0 Å². The van der Waals surface area contributed by atoms with Gasteiger partial charge < -0.3 is 20.1 Å². The maximum atomic E-state index is 12.2. The smallest absolute Gasteiger partial charge is 0.422 e. The van der Waals surface area contributed by atoms with E-state index in [4.69, 9.17) is 9.47 Å². The van der Waals surface area contributed by atoms with Gasteiger partial charge in [-0.2, -0.15) is 13.2 Å². The number of halogens is 4. The fraction of sp³-hybridized carbons (Fsp3) is 0.562. The van der Waals surface area contributed by atoms with E-state index >= 15 is 0 Å². The zero-order valence-corrected chi connectivity index (χ0v) is 14.6. The second kappa shape index (κ2) is 9.72. The first-order valence-electron chi connectivity index (χ1n) is 7.74. The maximum absolute atomic E-state index is 12.2. The molecule has 0 bridgehead atoms. The van der Waals surface area contributed by atoms with Crippen molar-refractivity contribution in [1.29, 1.82) is 0 Å². The molecule has 0 spiro atoms. The van der Waals surface area contributed by atoms with Crippen LogP contribution in [0.25, 0.3) is 0 Å². The first-order chi connectivity index (χ1) is 11.4. The molecule has 0 unspecified atom stereocenters. The highest BCUT2D eigenvalue weighted by Gasteiger charge is 2.29. The summed E-state index contributed by atoms with van der Waals surface area (Å²) >= 11 is 0. The molecule has 0 radical (unpaired) electrons. The van der Waals surface area contributed by atoms with Crippen LogP contribution < -0.4 is 20.1 Å². The van der Waals surface area contributed by atoms with E-state index in [1.165, 1.54) is 13.2 Å². The van der Waals surface area contributed by atoms with Crippen LogP contribution in [0.5, 0.6) is 11.5 Å². The van der Waals surface area contributed by atoms with E-state index < -0.39 is 12.8 Å². The minimum atomic E-state index is -4.41. The summed E-state index contributed by atoms with van der Waals surface area (Å²) in [5.74, 6) is 0.214. The normalized spacial score (nSPS) is 15.2. The number of hydrogen-bond donors (Lipinski definition) is 2. The Balaban J connectivity index is 0.00000312. The number of piperidine rings is 1. The summed E-state index contributed by atoms with van der Waals surface area (Å²) in [6.07, 6.45) is -2.80. The van der Waals surface area contributed by atoms with Gasteiger partial charge in [0, 0.05) is 12.5 Å². The number of ether oxygens (including phenoxy) is 2. The monoisotopic (exact) mass is 382 g/mol. The van der Waals surface area contributed by atoms with E-state index in [0.29, 0.717) is 6.54 Å². The lowest BCUT2D eigenvalue weighted by atomic mass is 9.97. The van der Waals surface area contributed by atoms with Gasteiger partial charge in [-0.05, 0) is 43.6 Å². The summed E-state index contributed by atoms with van der Waals surface area (Å²) in [4.78, 5) is 12.1. The Morgan fingerprint density at radius 3 is 2.56 bits per heavy atom. The van der Waals surface area contributed by atoms with Crippen molar-refractivity contribution >= 4 is 18.3 Å². The van der Waals surface area contributed by atoms with Crippen LogP contribution in [0.4, 0.5) is 13.2 Å². The zero-order chi connectivity index (χ0) is 17.6. The molecule has 1 amide bonds. The minimum Gasteiger partial charge on any atom is -0.493 e. The summed E-state index contributed by atoms with van der Waals surface area (Å²) in [7, 11) is 1.35. The van der Waals surface area contributed by atoms with Crippen molar-refractivity contribution < 1.29 is 27.4 Å². The number of rotatable bonds is 6. The standard InChI is InChI=1S/C16H21F3N2O3.ClH/c1-23-14-8-11(2-3-13(14)24-10-16(17,18)19)9-21-15(22)12-4-6-20-7-5-12;/h2-3,8,12,20H,4-7,9-10H2,1H3,(H,21,22);1H. The number of amides is 1. The lowest BCUT2D eigenvalue weighted by molar-refractivity contribution is -0.153. The van der Waals surface area contributed by atoms with Gasteiger partial charge in [0.1, 0.15) is 0 Å². The Kier molecular flexibility index (Phi) is 8.31. The lowest BCUT2D eigenvalue weighted by Gasteiger charge is -2.21. The van der Waals surface area contributed by atoms with Crippen LogP contribution >= 0.6 is 12.4 Å². The molecular formula is C16H22ClF3N2O3. The third-order valence-electron chi connectivity index (χ3n) is 3.80. The van der Waals surface area contributed by atoms with Crippen LogP contribution in [-0.2, 0) is 11.3 Å².